The predicted molar refractivity (Wildman–Crippen MR) is 109 cm³/mol. The highest BCUT2D eigenvalue weighted by Gasteiger charge is 2.47. The van der Waals surface area contributed by atoms with Crippen LogP contribution in [0.5, 0.6) is 0 Å². The lowest BCUT2D eigenvalue weighted by molar-refractivity contribution is -0.0419. The van der Waals surface area contributed by atoms with E-state index in [1.807, 2.05) is 47.6 Å². The Bertz CT molecular complexity index is 589. The number of hydrogen-bond donors (Lipinski definition) is 1. The van der Waals surface area contributed by atoms with Gasteiger partial charge in [0.2, 0.25) is 0 Å². The average molecular weight is 396 g/mol. The summed E-state index contributed by atoms with van der Waals surface area (Å²) in [7, 11) is 0. The van der Waals surface area contributed by atoms with Crippen LogP contribution in [0.15, 0.2) is 12.7 Å². The van der Waals surface area contributed by atoms with Crippen LogP contribution in [0, 0.1) is 0 Å². The zero-order chi connectivity index (χ0) is 21.2. The van der Waals surface area contributed by atoms with Crippen LogP contribution >= 0.6 is 0 Å². The van der Waals surface area contributed by atoms with Crippen molar-refractivity contribution in [1.82, 2.24) is 15.1 Å². The molecule has 0 aromatic rings. The van der Waals surface area contributed by atoms with Gasteiger partial charge in [-0.1, -0.05) is 6.08 Å². The number of amides is 2. The summed E-state index contributed by atoms with van der Waals surface area (Å²) in [6.45, 7) is 16.8. The number of carbonyl (C=O) groups is 2. The maximum absolute atomic E-state index is 13.0. The summed E-state index contributed by atoms with van der Waals surface area (Å²) in [6.07, 6.45) is 3.96. The Kier molecular flexibility index (Phi) is 6.69. The minimum Gasteiger partial charge on any atom is -0.444 e. The van der Waals surface area contributed by atoms with E-state index in [1.54, 1.807) is 9.80 Å². The molecule has 1 aliphatic carbocycles. The van der Waals surface area contributed by atoms with Crippen molar-refractivity contribution in [3.05, 3.63) is 12.7 Å². The summed E-state index contributed by atoms with van der Waals surface area (Å²) < 4.78 is 11.2. The third-order valence-corrected chi connectivity index (χ3v) is 4.74. The molecule has 1 unspecified atom stereocenters. The first-order valence-electron chi connectivity index (χ1n) is 10.2. The summed E-state index contributed by atoms with van der Waals surface area (Å²) in [5.74, 6) is 0. The van der Waals surface area contributed by atoms with E-state index in [-0.39, 0.29) is 12.2 Å². The monoisotopic (exact) mass is 395 g/mol. The van der Waals surface area contributed by atoms with Gasteiger partial charge in [0.15, 0.2) is 0 Å². The van der Waals surface area contributed by atoms with Gasteiger partial charge in [-0.2, -0.15) is 0 Å². The van der Waals surface area contributed by atoms with Crippen molar-refractivity contribution in [2.45, 2.75) is 83.6 Å². The molecule has 1 saturated heterocycles. The summed E-state index contributed by atoms with van der Waals surface area (Å²) in [4.78, 5) is 29.1. The first-order chi connectivity index (χ1) is 12.9. The maximum Gasteiger partial charge on any atom is 0.410 e. The van der Waals surface area contributed by atoms with E-state index in [9.17, 15) is 9.59 Å². The lowest BCUT2D eigenvalue weighted by Gasteiger charge is -2.50. The van der Waals surface area contributed by atoms with E-state index < -0.39 is 16.7 Å². The molecule has 1 N–H and O–H groups in total. The largest absolute Gasteiger partial charge is 0.444 e. The zero-order valence-corrected chi connectivity index (χ0v) is 18.3. The average Bonchev–Trinajstić information content (AvgIpc) is 3.34. The van der Waals surface area contributed by atoms with Gasteiger partial charge in [-0.05, 0) is 60.8 Å². The van der Waals surface area contributed by atoms with Crippen LogP contribution in [-0.2, 0) is 9.47 Å². The highest BCUT2D eigenvalue weighted by Crippen LogP contribution is 2.30. The van der Waals surface area contributed by atoms with E-state index in [0.717, 1.165) is 12.8 Å². The molecule has 28 heavy (non-hydrogen) atoms. The summed E-state index contributed by atoms with van der Waals surface area (Å²) in [5.41, 5.74) is -1.75. The molecule has 0 aromatic carbocycles. The molecule has 0 spiro atoms. The van der Waals surface area contributed by atoms with E-state index in [2.05, 4.69) is 11.9 Å². The fraction of sp³-hybridized carbons (Fsp3) is 0.810. The second-order valence-electron chi connectivity index (χ2n) is 9.91. The number of carbonyl (C=O) groups excluding carboxylic acids is 2. The Hall–Kier alpha value is -1.76. The lowest BCUT2D eigenvalue weighted by Crippen LogP contribution is -2.68. The van der Waals surface area contributed by atoms with Crippen molar-refractivity contribution in [1.29, 1.82) is 0 Å². The number of nitrogens with one attached hydrogen (secondary N) is 1. The number of nitrogens with zero attached hydrogens (tertiary/aromatic N) is 2. The van der Waals surface area contributed by atoms with Crippen LogP contribution in [-0.4, -0.2) is 70.9 Å². The number of ether oxygens (including phenoxy) is 2. The lowest BCUT2D eigenvalue weighted by atomic mass is 9.89. The summed E-state index contributed by atoms with van der Waals surface area (Å²) in [6, 6.07) is 0.485. The van der Waals surface area contributed by atoms with Crippen molar-refractivity contribution in [3.8, 4) is 0 Å². The van der Waals surface area contributed by atoms with Gasteiger partial charge in [-0.25, -0.2) is 9.59 Å². The molecule has 2 rings (SSSR count). The Balaban J connectivity index is 2.24. The molecule has 1 saturated carbocycles. The van der Waals surface area contributed by atoms with Crippen LogP contribution in [0.4, 0.5) is 9.59 Å². The molecular formula is C21H37N3O4. The molecular weight excluding hydrogens is 358 g/mol. The highest BCUT2D eigenvalue weighted by molar-refractivity contribution is 5.72. The maximum atomic E-state index is 13.0. The van der Waals surface area contributed by atoms with Gasteiger partial charge >= 0.3 is 12.2 Å². The van der Waals surface area contributed by atoms with Gasteiger partial charge in [0.25, 0.3) is 0 Å². The predicted octanol–water partition coefficient (Wildman–Crippen LogP) is 3.54. The van der Waals surface area contributed by atoms with Crippen molar-refractivity contribution in [2.75, 3.05) is 26.2 Å². The minimum absolute atomic E-state index is 0.351. The van der Waals surface area contributed by atoms with Gasteiger partial charge < -0.3 is 19.7 Å². The molecule has 160 valence electrons. The second-order valence-corrected chi connectivity index (χ2v) is 9.91. The van der Waals surface area contributed by atoms with E-state index >= 15 is 0 Å². The van der Waals surface area contributed by atoms with Gasteiger partial charge in [-0.15, -0.1) is 6.58 Å². The van der Waals surface area contributed by atoms with Gasteiger partial charge in [-0.3, -0.25) is 4.90 Å². The summed E-state index contributed by atoms with van der Waals surface area (Å²) >= 11 is 0. The standard InChI is InChI=1S/C21H37N3O4/c1-8-11-21(14-22-16-9-10-16)15-23(17(25)27-19(2,3)4)12-13-24(21)18(26)28-20(5,6)7/h8,16,22H,1,9-15H2,2-7H3. The van der Waals surface area contributed by atoms with Crippen LogP contribution in [0.3, 0.4) is 0 Å². The Morgan fingerprint density at radius 2 is 1.64 bits per heavy atom. The molecule has 0 radical (unpaired) electrons. The number of rotatable bonds is 5. The van der Waals surface area contributed by atoms with Gasteiger partial charge in [0.1, 0.15) is 11.2 Å². The van der Waals surface area contributed by atoms with Crippen molar-refractivity contribution in [3.63, 3.8) is 0 Å². The fourth-order valence-corrected chi connectivity index (χ4v) is 3.35. The molecule has 2 fully saturated rings. The van der Waals surface area contributed by atoms with Gasteiger partial charge in [0.05, 0.1) is 5.54 Å². The molecule has 0 aromatic heterocycles. The molecule has 1 aliphatic heterocycles. The quantitative estimate of drug-likeness (QED) is 0.721. The minimum atomic E-state index is -0.609. The zero-order valence-electron chi connectivity index (χ0n) is 18.3. The van der Waals surface area contributed by atoms with Crippen LogP contribution in [0.25, 0.3) is 0 Å². The van der Waals surface area contributed by atoms with Crippen LogP contribution < -0.4 is 5.32 Å². The second kappa shape index (κ2) is 8.31. The van der Waals surface area contributed by atoms with Crippen molar-refractivity contribution in [2.24, 2.45) is 0 Å². The molecule has 1 heterocycles. The molecule has 7 nitrogen and oxygen atoms in total. The first-order valence-corrected chi connectivity index (χ1v) is 10.2. The van der Waals surface area contributed by atoms with Crippen LogP contribution in [0.2, 0.25) is 0 Å². The van der Waals surface area contributed by atoms with Crippen molar-refractivity contribution >= 4 is 12.2 Å². The highest BCUT2D eigenvalue weighted by atomic mass is 16.6. The third-order valence-electron chi connectivity index (χ3n) is 4.74. The topological polar surface area (TPSA) is 71.1 Å². The molecule has 7 heteroatoms. The van der Waals surface area contributed by atoms with Crippen molar-refractivity contribution < 1.29 is 19.1 Å². The van der Waals surface area contributed by atoms with E-state index in [1.165, 1.54) is 0 Å². The molecule has 0 bridgehead atoms. The molecule has 1 atom stereocenters. The smallest absolute Gasteiger partial charge is 0.410 e. The van der Waals surface area contributed by atoms with Crippen LogP contribution in [0.1, 0.15) is 60.8 Å². The number of hydrogen-bond acceptors (Lipinski definition) is 5. The first kappa shape index (κ1) is 22.5. The Morgan fingerprint density at radius 1 is 1.07 bits per heavy atom. The van der Waals surface area contributed by atoms with E-state index in [0.29, 0.717) is 38.6 Å². The van der Waals surface area contributed by atoms with E-state index in [4.69, 9.17) is 9.47 Å². The Morgan fingerprint density at radius 3 is 2.14 bits per heavy atom. The third kappa shape index (κ3) is 6.40. The van der Waals surface area contributed by atoms with Gasteiger partial charge in [0, 0.05) is 32.2 Å². The Labute approximate surface area is 169 Å². The number of piperazine rings is 1. The normalized spacial score (nSPS) is 23.4. The summed E-state index contributed by atoms with van der Waals surface area (Å²) in [5, 5.41) is 3.53. The SMILES string of the molecule is C=CCC1(CNC2CC2)CN(C(=O)OC(C)(C)C)CCN1C(=O)OC(C)(C)C. The fourth-order valence-electron chi connectivity index (χ4n) is 3.35. The molecule has 2 amide bonds. The molecule has 2 aliphatic rings.